The fourth-order valence-corrected chi connectivity index (χ4v) is 3.86. The second-order valence-corrected chi connectivity index (χ2v) is 8.68. The summed E-state index contributed by atoms with van der Waals surface area (Å²) >= 11 is 0. The van der Waals surface area contributed by atoms with E-state index in [0.717, 1.165) is 12.1 Å². The van der Waals surface area contributed by atoms with Crippen molar-refractivity contribution in [3.05, 3.63) is 54.1 Å². The zero-order valence-electron chi connectivity index (χ0n) is 19.3. The van der Waals surface area contributed by atoms with Crippen molar-refractivity contribution in [3.63, 3.8) is 0 Å². The normalized spacial score (nSPS) is 24.3. The molecule has 190 valence electrons. The molecule has 0 bridgehead atoms. The standard InChI is InChI=1S/C25H33F3O6/c1-16(2)34-24(32)10-5-3-4-9-20-21(23(31)14-22(20)30)12-11-18(29)15-33-19-8-6-7-17(13-19)25(26,27)28/h3-4,6-8,11-13,16,18,20-23,29-31H,5,9-10,14-15H2,1-2H3/b4-3+,12-11+/t18-,20-,21?,22+,23-/m1/s1. The highest BCUT2D eigenvalue weighted by molar-refractivity contribution is 5.69. The molecule has 34 heavy (non-hydrogen) atoms. The van der Waals surface area contributed by atoms with Crippen LogP contribution in [-0.2, 0) is 15.7 Å². The summed E-state index contributed by atoms with van der Waals surface area (Å²) in [6.45, 7) is 3.30. The second kappa shape index (κ2) is 12.9. The minimum Gasteiger partial charge on any atom is -0.491 e. The molecule has 6 nitrogen and oxygen atoms in total. The number of alkyl halides is 3. The molecule has 9 heteroatoms. The van der Waals surface area contributed by atoms with Crippen LogP contribution in [0.2, 0.25) is 0 Å². The second-order valence-electron chi connectivity index (χ2n) is 8.68. The SMILES string of the molecule is CC(C)OC(=O)CC/C=C/C[C@@H]1C(/C=C/[C@@H](O)COc2cccc(C(F)(F)F)c2)[C@H](O)C[C@@H]1O. The lowest BCUT2D eigenvalue weighted by Crippen LogP contribution is -2.21. The molecule has 1 unspecified atom stereocenters. The average molecular weight is 487 g/mol. The van der Waals surface area contributed by atoms with Gasteiger partial charge in [0, 0.05) is 18.8 Å². The number of carbonyl (C=O) groups excluding carboxylic acids is 1. The highest BCUT2D eigenvalue weighted by Gasteiger charge is 2.39. The zero-order chi connectivity index (χ0) is 25.3. The van der Waals surface area contributed by atoms with E-state index in [-0.39, 0.29) is 43.2 Å². The van der Waals surface area contributed by atoms with Gasteiger partial charge in [0.2, 0.25) is 0 Å². The van der Waals surface area contributed by atoms with Crippen molar-refractivity contribution in [2.75, 3.05) is 6.61 Å². The van der Waals surface area contributed by atoms with Gasteiger partial charge in [0.15, 0.2) is 0 Å². The van der Waals surface area contributed by atoms with Crippen LogP contribution < -0.4 is 4.74 Å². The van der Waals surface area contributed by atoms with Gasteiger partial charge in [0.1, 0.15) is 18.5 Å². The Morgan fingerprint density at radius 3 is 2.62 bits per heavy atom. The smallest absolute Gasteiger partial charge is 0.416 e. The van der Waals surface area contributed by atoms with E-state index in [0.29, 0.717) is 12.8 Å². The van der Waals surface area contributed by atoms with Gasteiger partial charge < -0.3 is 24.8 Å². The van der Waals surface area contributed by atoms with Crippen LogP contribution in [0.25, 0.3) is 0 Å². The number of allylic oxidation sites excluding steroid dienone is 2. The first-order chi connectivity index (χ1) is 16.0. The molecular weight excluding hydrogens is 453 g/mol. The number of halogens is 3. The molecule has 1 aliphatic rings. The molecule has 0 radical (unpaired) electrons. The Balaban J connectivity index is 1.86. The van der Waals surface area contributed by atoms with Crippen LogP contribution in [0.15, 0.2) is 48.6 Å². The minimum atomic E-state index is -4.49. The molecule has 1 aromatic rings. The van der Waals surface area contributed by atoms with Crippen LogP contribution >= 0.6 is 0 Å². The summed E-state index contributed by atoms with van der Waals surface area (Å²) in [7, 11) is 0. The van der Waals surface area contributed by atoms with Crippen molar-refractivity contribution in [1.82, 2.24) is 0 Å². The number of ether oxygens (including phenoxy) is 2. The summed E-state index contributed by atoms with van der Waals surface area (Å²) in [5.41, 5.74) is -0.842. The number of hydrogen-bond acceptors (Lipinski definition) is 6. The summed E-state index contributed by atoms with van der Waals surface area (Å²) in [5, 5.41) is 30.8. The number of esters is 1. The van der Waals surface area contributed by atoms with E-state index in [1.807, 2.05) is 12.2 Å². The predicted octanol–water partition coefficient (Wildman–Crippen LogP) is 4.04. The Kier molecular flexibility index (Phi) is 10.6. The van der Waals surface area contributed by atoms with Gasteiger partial charge in [-0.3, -0.25) is 4.79 Å². The number of carbonyl (C=O) groups is 1. The molecule has 0 heterocycles. The Morgan fingerprint density at radius 1 is 1.21 bits per heavy atom. The van der Waals surface area contributed by atoms with E-state index >= 15 is 0 Å². The lowest BCUT2D eigenvalue weighted by atomic mass is 9.89. The molecule has 0 aliphatic heterocycles. The van der Waals surface area contributed by atoms with Gasteiger partial charge in [-0.25, -0.2) is 0 Å². The third kappa shape index (κ3) is 9.12. The topological polar surface area (TPSA) is 96.2 Å². The van der Waals surface area contributed by atoms with E-state index in [1.165, 1.54) is 18.2 Å². The number of benzene rings is 1. The summed E-state index contributed by atoms with van der Waals surface area (Å²) in [6, 6.07) is 4.38. The Bertz CT molecular complexity index is 836. The molecule has 1 aliphatic carbocycles. The molecule has 5 atom stereocenters. The van der Waals surface area contributed by atoms with Crippen molar-refractivity contribution in [3.8, 4) is 5.75 Å². The molecular formula is C25H33F3O6. The molecule has 3 N–H and O–H groups in total. The number of hydrogen-bond donors (Lipinski definition) is 3. The van der Waals surface area contributed by atoms with Crippen LogP contribution in [0.5, 0.6) is 5.75 Å². The highest BCUT2D eigenvalue weighted by atomic mass is 19.4. The zero-order valence-corrected chi connectivity index (χ0v) is 19.3. The maximum atomic E-state index is 12.8. The van der Waals surface area contributed by atoms with E-state index < -0.39 is 36.0 Å². The van der Waals surface area contributed by atoms with Crippen LogP contribution in [0.1, 0.15) is 45.1 Å². The van der Waals surface area contributed by atoms with Crippen molar-refractivity contribution in [1.29, 1.82) is 0 Å². The van der Waals surface area contributed by atoms with Crippen molar-refractivity contribution in [2.45, 2.75) is 70.1 Å². The Labute approximate surface area is 197 Å². The molecule has 0 saturated heterocycles. The van der Waals surface area contributed by atoms with Crippen LogP contribution in [-0.4, -0.2) is 52.3 Å². The first-order valence-electron chi connectivity index (χ1n) is 11.3. The molecule has 0 spiro atoms. The molecule has 1 fully saturated rings. The maximum Gasteiger partial charge on any atom is 0.416 e. The predicted molar refractivity (Wildman–Crippen MR) is 120 cm³/mol. The maximum absolute atomic E-state index is 12.8. The summed E-state index contributed by atoms with van der Waals surface area (Å²) in [6.07, 6.45) is 0.868. The van der Waals surface area contributed by atoms with Crippen LogP contribution in [0.3, 0.4) is 0 Å². The van der Waals surface area contributed by atoms with Crippen LogP contribution in [0.4, 0.5) is 13.2 Å². The summed E-state index contributed by atoms with van der Waals surface area (Å²) in [4.78, 5) is 11.6. The number of aliphatic hydroxyl groups is 3. The van der Waals surface area contributed by atoms with E-state index in [2.05, 4.69) is 0 Å². The van der Waals surface area contributed by atoms with E-state index in [1.54, 1.807) is 19.9 Å². The average Bonchev–Trinajstić information content (AvgIpc) is 3.01. The summed E-state index contributed by atoms with van der Waals surface area (Å²) in [5.74, 6) is -0.979. The Hall–Kier alpha value is -2.36. The third-order valence-corrected chi connectivity index (χ3v) is 5.51. The molecule has 1 aromatic carbocycles. The minimum absolute atomic E-state index is 0.0149. The van der Waals surface area contributed by atoms with E-state index in [4.69, 9.17) is 9.47 Å². The van der Waals surface area contributed by atoms with Gasteiger partial charge in [-0.05, 0) is 50.8 Å². The largest absolute Gasteiger partial charge is 0.491 e. The highest BCUT2D eigenvalue weighted by Crippen LogP contribution is 2.36. The van der Waals surface area contributed by atoms with Gasteiger partial charge in [-0.1, -0.05) is 30.4 Å². The Morgan fingerprint density at radius 2 is 1.94 bits per heavy atom. The number of rotatable bonds is 11. The molecule has 1 saturated carbocycles. The quantitative estimate of drug-likeness (QED) is 0.323. The number of aliphatic hydroxyl groups excluding tert-OH is 3. The van der Waals surface area contributed by atoms with Crippen LogP contribution in [0, 0.1) is 11.8 Å². The van der Waals surface area contributed by atoms with Crippen molar-refractivity contribution in [2.24, 2.45) is 11.8 Å². The molecule has 0 amide bonds. The van der Waals surface area contributed by atoms with Gasteiger partial charge in [0.25, 0.3) is 0 Å². The monoisotopic (exact) mass is 486 g/mol. The van der Waals surface area contributed by atoms with E-state index in [9.17, 15) is 33.3 Å². The lowest BCUT2D eigenvalue weighted by Gasteiger charge is -2.19. The van der Waals surface area contributed by atoms with Gasteiger partial charge in [-0.2, -0.15) is 13.2 Å². The molecule has 0 aromatic heterocycles. The lowest BCUT2D eigenvalue weighted by molar-refractivity contribution is -0.147. The van der Waals surface area contributed by atoms with Gasteiger partial charge in [0.05, 0.1) is 23.9 Å². The van der Waals surface area contributed by atoms with Crippen molar-refractivity contribution < 1.29 is 42.8 Å². The van der Waals surface area contributed by atoms with Crippen molar-refractivity contribution >= 4 is 5.97 Å². The van der Waals surface area contributed by atoms with Gasteiger partial charge in [-0.15, -0.1) is 0 Å². The fraction of sp³-hybridized carbons (Fsp3) is 0.560. The van der Waals surface area contributed by atoms with Gasteiger partial charge >= 0.3 is 12.1 Å². The summed E-state index contributed by atoms with van der Waals surface area (Å²) < 4.78 is 48.7. The fourth-order valence-electron chi connectivity index (χ4n) is 3.86. The third-order valence-electron chi connectivity index (χ3n) is 5.51. The first kappa shape index (κ1) is 27.9. The first-order valence-corrected chi connectivity index (χ1v) is 11.3. The molecule has 2 rings (SSSR count).